The van der Waals surface area contributed by atoms with Gasteiger partial charge in [-0.25, -0.2) is 0 Å². The van der Waals surface area contributed by atoms with E-state index in [1.807, 2.05) is 4.90 Å². The number of aromatic nitrogens is 3. The Hall–Kier alpha value is -3.25. The van der Waals surface area contributed by atoms with Gasteiger partial charge in [0.1, 0.15) is 11.3 Å². The number of halogens is 3. The third-order valence-electron chi connectivity index (χ3n) is 6.11. The van der Waals surface area contributed by atoms with E-state index in [4.69, 9.17) is 9.05 Å². The van der Waals surface area contributed by atoms with Crippen LogP contribution in [0.1, 0.15) is 49.7 Å². The van der Waals surface area contributed by atoms with E-state index in [2.05, 4.69) is 15.3 Å². The predicted octanol–water partition coefficient (Wildman–Crippen LogP) is 4.44. The molecule has 1 saturated heterocycles. The van der Waals surface area contributed by atoms with Crippen LogP contribution in [0.2, 0.25) is 0 Å². The summed E-state index contributed by atoms with van der Waals surface area (Å²) in [6, 6.07) is 6.57. The number of alkyl halides is 3. The van der Waals surface area contributed by atoms with Gasteiger partial charge in [-0.15, -0.1) is 0 Å². The summed E-state index contributed by atoms with van der Waals surface area (Å²) in [5, 5.41) is 27.2. The quantitative estimate of drug-likeness (QED) is 0.454. The maximum Gasteiger partial charge on any atom is 0.422 e. The van der Waals surface area contributed by atoms with Gasteiger partial charge in [-0.05, 0) is 30.9 Å². The molecule has 0 amide bonds. The molecule has 4 rings (SSSR count). The lowest BCUT2D eigenvalue weighted by Crippen LogP contribution is -2.40. The molecule has 0 bridgehead atoms. The van der Waals surface area contributed by atoms with Crippen LogP contribution in [-0.4, -0.2) is 56.0 Å². The molecule has 2 aromatic heterocycles. The summed E-state index contributed by atoms with van der Waals surface area (Å²) in [6.07, 6.45) is -4.10. The number of carboxylic acids is 1. The summed E-state index contributed by atoms with van der Waals surface area (Å²) in [6.45, 7) is 4.93. The van der Waals surface area contributed by atoms with Crippen LogP contribution in [-0.2, 0) is 17.4 Å². The number of piperidine rings is 1. The molecule has 0 saturated carbocycles. The lowest BCUT2D eigenvalue weighted by atomic mass is 9.97. The second kappa shape index (κ2) is 10.4. The molecule has 2 atom stereocenters. The van der Waals surface area contributed by atoms with Crippen molar-refractivity contribution in [2.75, 3.05) is 19.6 Å². The Balaban J connectivity index is 1.49. The lowest BCUT2D eigenvalue weighted by molar-refractivity contribution is -0.144. The molecule has 9 nitrogen and oxygen atoms in total. The zero-order valence-electron chi connectivity index (χ0n) is 19.8. The third kappa shape index (κ3) is 5.76. The highest BCUT2D eigenvalue weighted by Gasteiger charge is 2.42. The molecule has 36 heavy (non-hydrogen) atoms. The number of β-amino-alcohol motifs (C(OH)–C–C–N with tert-alkyl or cyclic N) is 1. The van der Waals surface area contributed by atoms with Crippen molar-refractivity contribution in [3.63, 3.8) is 0 Å². The Morgan fingerprint density at radius 3 is 2.56 bits per heavy atom. The van der Waals surface area contributed by atoms with E-state index in [1.54, 1.807) is 38.1 Å². The van der Waals surface area contributed by atoms with Gasteiger partial charge in [-0.1, -0.05) is 48.4 Å². The maximum absolute atomic E-state index is 13.7. The molecule has 3 heterocycles. The number of aliphatic hydroxyl groups is 1. The van der Waals surface area contributed by atoms with E-state index in [0.29, 0.717) is 37.2 Å². The highest BCUT2D eigenvalue weighted by Crippen LogP contribution is 2.40. The van der Waals surface area contributed by atoms with E-state index in [1.165, 1.54) is 0 Å². The van der Waals surface area contributed by atoms with E-state index in [-0.39, 0.29) is 23.9 Å². The summed E-state index contributed by atoms with van der Waals surface area (Å²) < 4.78 is 51.2. The Morgan fingerprint density at radius 2 is 1.92 bits per heavy atom. The van der Waals surface area contributed by atoms with E-state index < -0.39 is 41.3 Å². The van der Waals surface area contributed by atoms with E-state index in [0.717, 1.165) is 6.42 Å². The molecule has 1 aliphatic rings. The molecule has 1 aromatic carbocycles. The number of hydrogen-bond acceptors (Lipinski definition) is 8. The van der Waals surface area contributed by atoms with Crippen molar-refractivity contribution in [1.82, 2.24) is 20.2 Å². The minimum absolute atomic E-state index is 0.0566. The van der Waals surface area contributed by atoms with Crippen molar-refractivity contribution in [2.45, 2.75) is 45.4 Å². The minimum Gasteiger partial charge on any atom is -0.481 e. The zero-order chi connectivity index (χ0) is 26.0. The molecule has 2 N–H and O–H groups in total. The molecule has 194 valence electrons. The second-order valence-corrected chi connectivity index (χ2v) is 9.42. The molecule has 1 fully saturated rings. The summed E-state index contributed by atoms with van der Waals surface area (Å²) in [5.41, 5.74) is -0.490. The smallest absolute Gasteiger partial charge is 0.422 e. The first-order valence-corrected chi connectivity index (χ1v) is 11.7. The van der Waals surface area contributed by atoms with Gasteiger partial charge in [0.25, 0.3) is 5.89 Å². The van der Waals surface area contributed by atoms with Gasteiger partial charge in [0, 0.05) is 25.1 Å². The van der Waals surface area contributed by atoms with Crippen LogP contribution in [0.3, 0.4) is 0 Å². The molecule has 0 spiro atoms. The number of aliphatic hydroxyl groups excluding tert-OH is 1. The third-order valence-corrected chi connectivity index (χ3v) is 6.11. The van der Waals surface area contributed by atoms with Crippen molar-refractivity contribution in [1.29, 1.82) is 0 Å². The molecule has 3 aromatic rings. The molecule has 0 unspecified atom stereocenters. The Kier molecular flexibility index (Phi) is 7.46. The average molecular weight is 508 g/mol. The van der Waals surface area contributed by atoms with Crippen LogP contribution >= 0.6 is 0 Å². The first-order valence-electron chi connectivity index (χ1n) is 11.7. The number of aliphatic carboxylic acids is 1. The van der Waals surface area contributed by atoms with Gasteiger partial charge >= 0.3 is 12.1 Å². The largest absolute Gasteiger partial charge is 0.481 e. The van der Waals surface area contributed by atoms with Crippen LogP contribution < -0.4 is 0 Å². The summed E-state index contributed by atoms with van der Waals surface area (Å²) in [4.78, 5) is 17.3. The van der Waals surface area contributed by atoms with Crippen LogP contribution in [0.4, 0.5) is 13.2 Å². The normalized spacial score (nSPS) is 18.0. The lowest BCUT2D eigenvalue weighted by Gasteiger charge is -2.32. The fraction of sp³-hybridized carbons (Fsp3) is 0.500. The minimum atomic E-state index is -4.70. The topological polar surface area (TPSA) is 126 Å². The fourth-order valence-electron chi connectivity index (χ4n) is 4.34. The van der Waals surface area contributed by atoms with Gasteiger partial charge in [0.15, 0.2) is 5.69 Å². The van der Waals surface area contributed by atoms with Gasteiger partial charge in [-0.3, -0.25) is 9.69 Å². The number of hydrogen-bond donors (Lipinski definition) is 2. The number of benzene rings is 1. The first kappa shape index (κ1) is 25.8. The Bertz CT molecular complexity index is 1190. The van der Waals surface area contributed by atoms with Gasteiger partial charge < -0.3 is 19.3 Å². The Labute approximate surface area is 204 Å². The van der Waals surface area contributed by atoms with Crippen LogP contribution in [0, 0.1) is 11.8 Å². The van der Waals surface area contributed by atoms with Gasteiger partial charge in [-0.2, -0.15) is 18.2 Å². The van der Waals surface area contributed by atoms with Crippen LogP contribution in [0.5, 0.6) is 0 Å². The Morgan fingerprint density at radius 1 is 1.19 bits per heavy atom. The molecular formula is C24H27F3N4O5. The second-order valence-electron chi connectivity index (χ2n) is 9.42. The predicted molar refractivity (Wildman–Crippen MR) is 121 cm³/mol. The first-order chi connectivity index (χ1) is 17.0. The number of nitrogens with zero attached hydrogens (tertiary/aromatic N) is 4. The average Bonchev–Trinajstić information content (AvgIpc) is 3.46. The zero-order valence-corrected chi connectivity index (χ0v) is 19.8. The SMILES string of the molecule is CC(C)Cc1onc(-c2nc(-c3ccc([C@H](O)CN4CCC[C@H](C(=O)O)C4)cc3)no2)c1C(F)(F)F. The number of likely N-dealkylation sites (tertiary alicyclic amines) is 1. The molecular weight excluding hydrogens is 481 g/mol. The van der Waals surface area contributed by atoms with Gasteiger partial charge in [0.05, 0.1) is 12.0 Å². The van der Waals surface area contributed by atoms with Crippen molar-refractivity contribution in [2.24, 2.45) is 11.8 Å². The van der Waals surface area contributed by atoms with E-state index >= 15 is 0 Å². The molecule has 12 heteroatoms. The van der Waals surface area contributed by atoms with Crippen molar-refractivity contribution in [3.05, 3.63) is 41.2 Å². The number of carbonyl (C=O) groups is 1. The summed E-state index contributed by atoms with van der Waals surface area (Å²) in [7, 11) is 0. The van der Waals surface area contributed by atoms with Crippen molar-refractivity contribution < 1.29 is 37.2 Å². The highest BCUT2D eigenvalue weighted by molar-refractivity contribution is 5.70. The number of carboxylic acid groups (broad SMARTS) is 1. The molecule has 1 aliphatic heterocycles. The standard InChI is InChI=1S/C24H27F3N4O5/c1-13(2)10-18-19(24(25,26)27)20(29-35-18)22-28-21(30-36-22)15-7-5-14(6-8-15)17(32)12-31-9-3-4-16(11-31)23(33)34/h5-8,13,16-17,32H,3-4,9-12H2,1-2H3,(H,33,34)/t16-,17+/m0/s1. The molecule has 0 aliphatic carbocycles. The fourth-order valence-corrected chi connectivity index (χ4v) is 4.34. The maximum atomic E-state index is 13.7. The monoisotopic (exact) mass is 508 g/mol. The summed E-state index contributed by atoms with van der Waals surface area (Å²) >= 11 is 0. The van der Waals surface area contributed by atoms with Crippen LogP contribution in [0.15, 0.2) is 33.3 Å². The van der Waals surface area contributed by atoms with Crippen molar-refractivity contribution in [3.8, 4) is 23.0 Å². The van der Waals surface area contributed by atoms with E-state index in [9.17, 15) is 28.2 Å². The highest BCUT2D eigenvalue weighted by atomic mass is 19.4. The number of rotatable bonds is 8. The summed E-state index contributed by atoms with van der Waals surface area (Å²) in [5.74, 6) is -1.97. The van der Waals surface area contributed by atoms with Crippen LogP contribution in [0.25, 0.3) is 23.0 Å². The van der Waals surface area contributed by atoms with Crippen molar-refractivity contribution >= 4 is 5.97 Å². The molecule has 0 radical (unpaired) electrons. The van der Waals surface area contributed by atoms with Gasteiger partial charge in [0.2, 0.25) is 5.82 Å².